The van der Waals surface area contributed by atoms with Gasteiger partial charge in [-0.2, -0.15) is 13.2 Å². The molecule has 3 nitrogen and oxygen atoms in total. The van der Waals surface area contributed by atoms with E-state index in [0.29, 0.717) is 0 Å². The van der Waals surface area contributed by atoms with Crippen molar-refractivity contribution in [1.29, 1.82) is 0 Å². The van der Waals surface area contributed by atoms with Crippen molar-refractivity contribution in [1.82, 2.24) is 0 Å². The van der Waals surface area contributed by atoms with Crippen LogP contribution >= 0.6 is 15.9 Å². The van der Waals surface area contributed by atoms with Crippen LogP contribution in [0.5, 0.6) is 0 Å². The van der Waals surface area contributed by atoms with Gasteiger partial charge in [-0.3, -0.25) is 0 Å². The van der Waals surface area contributed by atoms with E-state index in [1.54, 1.807) is 0 Å². The molecule has 0 heterocycles. The number of alkyl halides is 3. The standard InChI is InChI=1S/C10H11BrF3NO2/c11-9-2-1-6(15-4-7(17)5-16)3-8(9)10(12,13)14/h1-3,7,15-17H,4-5H2/t7-/m0/s1. The molecule has 0 spiro atoms. The molecule has 0 unspecified atom stereocenters. The largest absolute Gasteiger partial charge is 0.417 e. The molecular weight excluding hydrogens is 303 g/mol. The first kappa shape index (κ1) is 14.3. The van der Waals surface area contributed by atoms with Crippen molar-refractivity contribution in [2.75, 3.05) is 18.5 Å². The Kier molecular flexibility index (Phi) is 4.79. The first-order chi connectivity index (χ1) is 7.84. The second kappa shape index (κ2) is 5.70. The molecule has 0 aliphatic rings. The van der Waals surface area contributed by atoms with Crippen molar-refractivity contribution in [2.24, 2.45) is 0 Å². The van der Waals surface area contributed by atoms with Crippen molar-refractivity contribution in [2.45, 2.75) is 12.3 Å². The lowest BCUT2D eigenvalue weighted by atomic mass is 10.2. The van der Waals surface area contributed by atoms with E-state index >= 15 is 0 Å². The van der Waals surface area contributed by atoms with Gasteiger partial charge in [0.1, 0.15) is 0 Å². The SMILES string of the molecule is OC[C@@H](O)CNc1ccc(Br)c(C(F)(F)F)c1. The van der Waals surface area contributed by atoms with Crippen molar-refractivity contribution in [3.63, 3.8) is 0 Å². The van der Waals surface area contributed by atoms with Gasteiger partial charge in [0.15, 0.2) is 0 Å². The smallest absolute Gasteiger partial charge is 0.394 e. The lowest BCUT2D eigenvalue weighted by molar-refractivity contribution is -0.138. The van der Waals surface area contributed by atoms with Crippen LogP contribution in [0.3, 0.4) is 0 Å². The molecule has 0 aliphatic heterocycles. The maximum Gasteiger partial charge on any atom is 0.417 e. The summed E-state index contributed by atoms with van der Waals surface area (Å²) in [6.07, 6.45) is -5.44. The number of aliphatic hydroxyl groups is 2. The Balaban J connectivity index is 2.82. The second-order valence-electron chi connectivity index (χ2n) is 3.41. The number of nitrogens with one attached hydrogen (secondary N) is 1. The minimum absolute atomic E-state index is 0.0184. The Morgan fingerprint density at radius 2 is 2.00 bits per heavy atom. The quantitative estimate of drug-likeness (QED) is 0.799. The molecule has 0 saturated heterocycles. The summed E-state index contributed by atoms with van der Waals surface area (Å²) in [6, 6.07) is 3.66. The topological polar surface area (TPSA) is 52.5 Å². The van der Waals surface area contributed by atoms with Crippen LogP contribution in [0.15, 0.2) is 22.7 Å². The van der Waals surface area contributed by atoms with Crippen LogP contribution in [-0.4, -0.2) is 29.5 Å². The van der Waals surface area contributed by atoms with Gasteiger partial charge in [-0.1, -0.05) is 15.9 Å². The Labute approximate surface area is 104 Å². The highest BCUT2D eigenvalue weighted by molar-refractivity contribution is 9.10. The number of benzene rings is 1. The summed E-state index contributed by atoms with van der Waals surface area (Å²) < 4.78 is 37.6. The minimum atomic E-state index is -4.44. The van der Waals surface area contributed by atoms with Gasteiger partial charge in [-0.15, -0.1) is 0 Å². The highest BCUT2D eigenvalue weighted by atomic mass is 79.9. The number of hydrogen-bond donors (Lipinski definition) is 3. The van der Waals surface area contributed by atoms with Gasteiger partial charge in [0.05, 0.1) is 18.3 Å². The van der Waals surface area contributed by atoms with E-state index in [1.807, 2.05) is 0 Å². The van der Waals surface area contributed by atoms with Gasteiger partial charge in [0.25, 0.3) is 0 Å². The van der Waals surface area contributed by atoms with Gasteiger partial charge < -0.3 is 15.5 Å². The summed E-state index contributed by atoms with van der Waals surface area (Å²) >= 11 is 2.82. The summed E-state index contributed by atoms with van der Waals surface area (Å²) in [4.78, 5) is 0. The van der Waals surface area contributed by atoms with E-state index in [0.717, 1.165) is 6.07 Å². The summed E-state index contributed by atoms with van der Waals surface area (Å²) in [5.74, 6) is 0. The zero-order valence-electron chi connectivity index (χ0n) is 8.63. The molecule has 3 N–H and O–H groups in total. The van der Waals surface area contributed by atoms with Crippen LogP contribution in [-0.2, 0) is 6.18 Å². The van der Waals surface area contributed by atoms with E-state index in [9.17, 15) is 13.2 Å². The van der Waals surface area contributed by atoms with Crippen molar-refractivity contribution in [3.8, 4) is 0 Å². The van der Waals surface area contributed by atoms with Gasteiger partial charge in [-0.25, -0.2) is 0 Å². The minimum Gasteiger partial charge on any atom is -0.394 e. The average molecular weight is 314 g/mol. The molecule has 0 saturated carbocycles. The Bertz CT molecular complexity index is 384. The molecule has 0 radical (unpaired) electrons. The summed E-state index contributed by atoms with van der Waals surface area (Å²) in [5.41, 5.74) is -0.561. The Morgan fingerprint density at radius 1 is 1.35 bits per heavy atom. The number of hydrogen-bond acceptors (Lipinski definition) is 3. The predicted octanol–water partition coefficient (Wildman–Crippen LogP) is 2.23. The fourth-order valence-corrected chi connectivity index (χ4v) is 1.62. The molecule has 17 heavy (non-hydrogen) atoms. The molecule has 0 amide bonds. The van der Waals surface area contributed by atoms with Crippen molar-refractivity contribution >= 4 is 21.6 Å². The molecule has 0 aromatic heterocycles. The van der Waals surface area contributed by atoms with E-state index in [2.05, 4.69) is 21.2 Å². The first-order valence-electron chi connectivity index (χ1n) is 4.74. The second-order valence-corrected chi connectivity index (χ2v) is 4.26. The van der Waals surface area contributed by atoms with Gasteiger partial charge >= 0.3 is 6.18 Å². The van der Waals surface area contributed by atoms with Crippen LogP contribution in [0, 0.1) is 0 Å². The van der Waals surface area contributed by atoms with E-state index < -0.39 is 24.5 Å². The highest BCUT2D eigenvalue weighted by Crippen LogP contribution is 2.36. The van der Waals surface area contributed by atoms with E-state index in [4.69, 9.17) is 10.2 Å². The number of anilines is 1. The number of aliphatic hydroxyl groups excluding tert-OH is 2. The average Bonchev–Trinajstić information content (AvgIpc) is 2.26. The third-order valence-electron chi connectivity index (χ3n) is 2.02. The van der Waals surface area contributed by atoms with E-state index in [1.165, 1.54) is 12.1 Å². The number of halogens is 4. The summed E-state index contributed by atoms with van der Waals surface area (Å²) in [6.45, 7) is -0.467. The lowest BCUT2D eigenvalue weighted by Crippen LogP contribution is -2.23. The third kappa shape index (κ3) is 4.18. The van der Waals surface area contributed by atoms with E-state index in [-0.39, 0.29) is 16.7 Å². The fraction of sp³-hybridized carbons (Fsp3) is 0.400. The maximum absolute atomic E-state index is 12.5. The molecule has 0 fully saturated rings. The van der Waals surface area contributed by atoms with Crippen LogP contribution in [0.2, 0.25) is 0 Å². The number of rotatable bonds is 4. The zero-order chi connectivity index (χ0) is 13.1. The van der Waals surface area contributed by atoms with Gasteiger partial charge in [-0.05, 0) is 18.2 Å². The first-order valence-corrected chi connectivity index (χ1v) is 5.53. The van der Waals surface area contributed by atoms with Gasteiger partial charge in [0.2, 0.25) is 0 Å². The summed E-state index contributed by atoms with van der Waals surface area (Å²) in [7, 11) is 0. The summed E-state index contributed by atoms with van der Waals surface area (Å²) in [5, 5.41) is 20.2. The van der Waals surface area contributed by atoms with Crippen LogP contribution < -0.4 is 5.32 Å². The predicted molar refractivity (Wildman–Crippen MR) is 60.7 cm³/mol. The molecule has 0 bridgehead atoms. The third-order valence-corrected chi connectivity index (χ3v) is 2.72. The molecule has 1 aromatic carbocycles. The van der Waals surface area contributed by atoms with Crippen LogP contribution in [0.4, 0.5) is 18.9 Å². The lowest BCUT2D eigenvalue weighted by Gasteiger charge is -2.14. The molecule has 0 aliphatic carbocycles. The highest BCUT2D eigenvalue weighted by Gasteiger charge is 2.33. The van der Waals surface area contributed by atoms with Crippen molar-refractivity contribution < 1.29 is 23.4 Å². The zero-order valence-corrected chi connectivity index (χ0v) is 10.2. The monoisotopic (exact) mass is 313 g/mol. The van der Waals surface area contributed by atoms with Crippen LogP contribution in [0.25, 0.3) is 0 Å². The molecule has 1 atom stereocenters. The van der Waals surface area contributed by atoms with Gasteiger partial charge in [0, 0.05) is 16.7 Å². The Hall–Kier alpha value is -0.790. The molecular formula is C10H11BrF3NO2. The maximum atomic E-state index is 12.5. The Morgan fingerprint density at radius 3 is 2.53 bits per heavy atom. The fourth-order valence-electron chi connectivity index (χ4n) is 1.15. The molecule has 96 valence electrons. The van der Waals surface area contributed by atoms with Crippen molar-refractivity contribution in [3.05, 3.63) is 28.2 Å². The molecule has 1 aromatic rings. The normalized spacial score (nSPS) is 13.5. The molecule has 7 heteroatoms. The van der Waals surface area contributed by atoms with Crippen LogP contribution in [0.1, 0.15) is 5.56 Å². The molecule has 1 rings (SSSR count).